The van der Waals surface area contributed by atoms with Crippen molar-refractivity contribution in [3.8, 4) is 0 Å². The Morgan fingerprint density at radius 1 is 1.33 bits per heavy atom. The number of anilines is 1. The maximum atomic E-state index is 5.72. The summed E-state index contributed by atoms with van der Waals surface area (Å²) < 4.78 is 5.55. The normalized spacial score (nSPS) is 12.7. The lowest BCUT2D eigenvalue weighted by atomic mass is 10.2. The summed E-state index contributed by atoms with van der Waals surface area (Å²) in [7, 11) is 0. The molecule has 1 unspecified atom stereocenters. The quantitative estimate of drug-likeness (QED) is 0.806. The minimum Gasteiger partial charge on any atom is -0.384 e. The Bertz CT molecular complexity index is 315. The molecular formula is C11H19N3O. The number of nitrogens with zero attached hydrogens (tertiary/aromatic N) is 2. The van der Waals surface area contributed by atoms with Crippen LogP contribution in [0.3, 0.4) is 0 Å². The van der Waals surface area contributed by atoms with E-state index in [9.17, 15) is 0 Å². The first-order valence-electron chi connectivity index (χ1n) is 5.46. The molecule has 0 aliphatic heterocycles. The zero-order valence-electron chi connectivity index (χ0n) is 9.66. The molecule has 0 fully saturated rings. The number of hydrogen-bond acceptors (Lipinski definition) is 4. The van der Waals surface area contributed by atoms with Gasteiger partial charge in [-0.1, -0.05) is 13.8 Å². The fourth-order valence-corrected chi connectivity index (χ4v) is 1.44. The van der Waals surface area contributed by atoms with Gasteiger partial charge in [-0.25, -0.2) is 9.97 Å². The largest absolute Gasteiger partial charge is 0.384 e. The molecule has 15 heavy (non-hydrogen) atoms. The first-order valence-corrected chi connectivity index (χ1v) is 5.46. The molecule has 4 nitrogen and oxygen atoms in total. The maximum absolute atomic E-state index is 5.72. The van der Waals surface area contributed by atoms with Crippen molar-refractivity contribution in [2.75, 3.05) is 12.3 Å². The van der Waals surface area contributed by atoms with Crippen LogP contribution < -0.4 is 5.73 Å². The van der Waals surface area contributed by atoms with Gasteiger partial charge in [0.25, 0.3) is 0 Å². The van der Waals surface area contributed by atoms with Gasteiger partial charge in [0.1, 0.15) is 11.9 Å². The molecule has 4 heteroatoms. The van der Waals surface area contributed by atoms with Gasteiger partial charge < -0.3 is 10.5 Å². The molecule has 1 aromatic rings. The second-order valence-corrected chi connectivity index (χ2v) is 3.35. The molecule has 0 saturated carbocycles. The van der Waals surface area contributed by atoms with Crippen LogP contribution in [-0.2, 0) is 11.2 Å². The highest BCUT2D eigenvalue weighted by Gasteiger charge is 2.13. The maximum Gasteiger partial charge on any atom is 0.159 e. The van der Waals surface area contributed by atoms with E-state index in [0.717, 1.165) is 18.5 Å². The summed E-state index contributed by atoms with van der Waals surface area (Å²) in [6.07, 6.45) is 1.69. The minimum absolute atomic E-state index is 0.0381. The standard InChI is InChI=1S/C11H19N3O/c1-4-8-7-10(12)14-11(13-8)9(5-2)15-6-3/h7,9H,4-6H2,1-3H3,(H2,12,13,14). The molecule has 1 aromatic heterocycles. The van der Waals surface area contributed by atoms with E-state index in [4.69, 9.17) is 10.5 Å². The molecule has 0 bridgehead atoms. The van der Waals surface area contributed by atoms with Crippen molar-refractivity contribution in [3.05, 3.63) is 17.6 Å². The summed E-state index contributed by atoms with van der Waals surface area (Å²) >= 11 is 0. The van der Waals surface area contributed by atoms with Crippen molar-refractivity contribution in [2.45, 2.75) is 39.7 Å². The smallest absolute Gasteiger partial charge is 0.159 e. The Morgan fingerprint density at radius 3 is 2.60 bits per heavy atom. The molecule has 0 saturated heterocycles. The van der Waals surface area contributed by atoms with Gasteiger partial charge in [-0.05, 0) is 19.8 Å². The third kappa shape index (κ3) is 3.16. The van der Waals surface area contributed by atoms with Gasteiger partial charge >= 0.3 is 0 Å². The van der Waals surface area contributed by atoms with Gasteiger partial charge in [-0.2, -0.15) is 0 Å². The van der Waals surface area contributed by atoms with Gasteiger partial charge in [0.05, 0.1) is 0 Å². The van der Waals surface area contributed by atoms with Gasteiger partial charge in [-0.15, -0.1) is 0 Å². The SMILES string of the molecule is CCOC(CC)c1nc(N)cc(CC)n1. The van der Waals surface area contributed by atoms with E-state index in [1.54, 1.807) is 0 Å². The number of aryl methyl sites for hydroxylation is 1. The molecular weight excluding hydrogens is 190 g/mol. The zero-order chi connectivity index (χ0) is 11.3. The second kappa shape index (κ2) is 5.66. The Kier molecular flexibility index (Phi) is 4.49. The Hall–Kier alpha value is -1.16. The van der Waals surface area contributed by atoms with Crippen LogP contribution >= 0.6 is 0 Å². The van der Waals surface area contributed by atoms with E-state index in [1.807, 2.05) is 19.9 Å². The molecule has 0 aromatic carbocycles. The second-order valence-electron chi connectivity index (χ2n) is 3.35. The van der Waals surface area contributed by atoms with E-state index in [-0.39, 0.29) is 6.10 Å². The minimum atomic E-state index is -0.0381. The van der Waals surface area contributed by atoms with Crippen LogP contribution in [0.5, 0.6) is 0 Å². The lowest BCUT2D eigenvalue weighted by molar-refractivity contribution is 0.0534. The van der Waals surface area contributed by atoms with E-state index in [2.05, 4.69) is 16.9 Å². The van der Waals surface area contributed by atoms with Crippen molar-refractivity contribution in [2.24, 2.45) is 0 Å². The van der Waals surface area contributed by atoms with Crippen molar-refractivity contribution >= 4 is 5.82 Å². The van der Waals surface area contributed by atoms with Crippen LogP contribution in [0.15, 0.2) is 6.07 Å². The van der Waals surface area contributed by atoms with Crippen LogP contribution in [0, 0.1) is 0 Å². The summed E-state index contributed by atoms with van der Waals surface area (Å²) in [5.74, 6) is 1.23. The lowest BCUT2D eigenvalue weighted by Crippen LogP contribution is -2.10. The third-order valence-corrected chi connectivity index (χ3v) is 2.21. The fourth-order valence-electron chi connectivity index (χ4n) is 1.44. The lowest BCUT2D eigenvalue weighted by Gasteiger charge is -2.14. The van der Waals surface area contributed by atoms with Gasteiger partial charge in [0.2, 0.25) is 0 Å². The van der Waals surface area contributed by atoms with Crippen LogP contribution in [0.4, 0.5) is 5.82 Å². The first kappa shape index (κ1) is 11.9. The monoisotopic (exact) mass is 209 g/mol. The topological polar surface area (TPSA) is 61.0 Å². The summed E-state index contributed by atoms with van der Waals surface area (Å²) in [5.41, 5.74) is 6.69. The summed E-state index contributed by atoms with van der Waals surface area (Å²) in [4.78, 5) is 8.64. The molecule has 84 valence electrons. The van der Waals surface area contributed by atoms with Gasteiger partial charge in [0, 0.05) is 18.4 Å². The fraction of sp³-hybridized carbons (Fsp3) is 0.636. The summed E-state index contributed by atoms with van der Waals surface area (Å²) in [6.45, 7) is 6.74. The third-order valence-electron chi connectivity index (χ3n) is 2.21. The Labute approximate surface area is 90.9 Å². The zero-order valence-corrected chi connectivity index (χ0v) is 9.66. The van der Waals surface area contributed by atoms with E-state index >= 15 is 0 Å². The first-order chi connectivity index (χ1) is 7.21. The predicted molar refractivity (Wildman–Crippen MR) is 60.5 cm³/mol. The van der Waals surface area contributed by atoms with Crippen LogP contribution in [0.2, 0.25) is 0 Å². The highest BCUT2D eigenvalue weighted by atomic mass is 16.5. The van der Waals surface area contributed by atoms with E-state index in [1.165, 1.54) is 0 Å². The van der Waals surface area contributed by atoms with Crippen LogP contribution in [-0.4, -0.2) is 16.6 Å². The molecule has 1 rings (SSSR count). The van der Waals surface area contributed by atoms with E-state index < -0.39 is 0 Å². The highest BCUT2D eigenvalue weighted by Crippen LogP contribution is 2.18. The molecule has 1 heterocycles. The molecule has 0 aliphatic carbocycles. The van der Waals surface area contributed by atoms with Crippen LogP contribution in [0.25, 0.3) is 0 Å². The van der Waals surface area contributed by atoms with Gasteiger partial charge in [0.15, 0.2) is 5.82 Å². The summed E-state index contributed by atoms with van der Waals surface area (Å²) in [5, 5.41) is 0. The number of ether oxygens (including phenoxy) is 1. The number of aromatic nitrogens is 2. The molecule has 2 N–H and O–H groups in total. The van der Waals surface area contributed by atoms with Crippen molar-refractivity contribution in [3.63, 3.8) is 0 Å². The molecule has 0 amide bonds. The molecule has 0 aliphatic rings. The molecule has 1 atom stereocenters. The average Bonchev–Trinajstić information content (AvgIpc) is 2.24. The summed E-state index contributed by atoms with van der Waals surface area (Å²) in [6, 6.07) is 1.81. The number of rotatable bonds is 5. The number of nitrogens with two attached hydrogens (primary N) is 1. The molecule has 0 radical (unpaired) electrons. The van der Waals surface area contributed by atoms with Crippen LogP contribution in [0.1, 0.15) is 44.8 Å². The average molecular weight is 209 g/mol. The van der Waals surface area contributed by atoms with Gasteiger partial charge in [-0.3, -0.25) is 0 Å². The Morgan fingerprint density at radius 2 is 2.07 bits per heavy atom. The van der Waals surface area contributed by atoms with Crippen molar-refractivity contribution in [1.29, 1.82) is 0 Å². The van der Waals surface area contributed by atoms with E-state index in [0.29, 0.717) is 18.2 Å². The van der Waals surface area contributed by atoms with Crippen molar-refractivity contribution < 1.29 is 4.74 Å². The molecule has 0 spiro atoms. The number of hydrogen-bond donors (Lipinski definition) is 1. The highest BCUT2D eigenvalue weighted by molar-refractivity contribution is 5.30. The predicted octanol–water partition coefficient (Wildman–Crippen LogP) is 2.11. The van der Waals surface area contributed by atoms with Crippen molar-refractivity contribution in [1.82, 2.24) is 9.97 Å². The number of nitrogen functional groups attached to an aromatic ring is 1. The Balaban J connectivity index is 2.95.